The summed E-state index contributed by atoms with van der Waals surface area (Å²) in [6.45, 7) is 7.86. The first-order valence-electron chi connectivity index (χ1n) is 9.48. The fourth-order valence-electron chi connectivity index (χ4n) is 3.34. The van der Waals surface area contributed by atoms with E-state index in [1.54, 1.807) is 32.4 Å². The van der Waals surface area contributed by atoms with Crippen LogP contribution in [0.4, 0.5) is 4.39 Å². The third-order valence-electron chi connectivity index (χ3n) is 4.80. The standard InChI is InChI=1S/C24H25FN2O3/c1-6-13-30-26-16(2)21-15-22(18-7-9-19(25)10-8-18)27(17(21)3)20-11-12-23(28-4)24(14-20)29-5/h6-12,14-15H,1,13H2,2-5H3/b26-16+. The molecule has 0 aliphatic carbocycles. The predicted octanol–water partition coefficient (Wildman–Crippen LogP) is 5.54. The lowest BCUT2D eigenvalue weighted by Gasteiger charge is -2.15. The zero-order chi connectivity index (χ0) is 21.7. The molecule has 0 aliphatic heterocycles. The highest BCUT2D eigenvalue weighted by atomic mass is 19.1. The van der Waals surface area contributed by atoms with Crippen molar-refractivity contribution in [3.8, 4) is 28.4 Å². The van der Waals surface area contributed by atoms with Crippen LogP contribution in [0.3, 0.4) is 0 Å². The van der Waals surface area contributed by atoms with Crippen LogP contribution in [0.25, 0.3) is 16.9 Å². The Balaban J connectivity index is 2.20. The van der Waals surface area contributed by atoms with Crippen LogP contribution in [0.1, 0.15) is 18.2 Å². The number of benzene rings is 2. The van der Waals surface area contributed by atoms with Gasteiger partial charge in [-0.25, -0.2) is 4.39 Å². The highest BCUT2D eigenvalue weighted by molar-refractivity contribution is 6.01. The van der Waals surface area contributed by atoms with Crippen LogP contribution in [-0.2, 0) is 4.84 Å². The Kier molecular flexibility index (Phi) is 6.57. The van der Waals surface area contributed by atoms with E-state index in [1.165, 1.54) is 12.1 Å². The zero-order valence-electron chi connectivity index (χ0n) is 17.6. The summed E-state index contributed by atoms with van der Waals surface area (Å²) in [5.74, 6) is 0.982. The summed E-state index contributed by atoms with van der Waals surface area (Å²) in [6.07, 6.45) is 1.64. The average Bonchev–Trinajstić information content (AvgIpc) is 3.11. The minimum absolute atomic E-state index is 0.282. The maximum absolute atomic E-state index is 13.5. The van der Waals surface area contributed by atoms with E-state index in [1.807, 2.05) is 38.1 Å². The van der Waals surface area contributed by atoms with E-state index in [4.69, 9.17) is 14.3 Å². The Morgan fingerprint density at radius 2 is 1.77 bits per heavy atom. The van der Waals surface area contributed by atoms with E-state index in [0.29, 0.717) is 18.1 Å². The minimum Gasteiger partial charge on any atom is -0.493 e. The zero-order valence-corrected chi connectivity index (χ0v) is 17.6. The Hall–Kier alpha value is -3.54. The van der Waals surface area contributed by atoms with Gasteiger partial charge < -0.3 is 18.9 Å². The normalized spacial score (nSPS) is 11.3. The Morgan fingerprint density at radius 1 is 1.07 bits per heavy atom. The molecule has 0 spiro atoms. The minimum atomic E-state index is -0.282. The van der Waals surface area contributed by atoms with Gasteiger partial charge in [0.15, 0.2) is 11.5 Å². The number of aromatic nitrogens is 1. The fraction of sp³-hybridized carbons (Fsp3) is 0.208. The number of nitrogens with zero attached hydrogens (tertiary/aromatic N) is 2. The molecular weight excluding hydrogens is 383 g/mol. The molecule has 0 unspecified atom stereocenters. The number of hydrogen-bond acceptors (Lipinski definition) is 4. The van der Waals surface area contributed by atoms with Crippen molar-refractivity contribution in [2.24, 2.45) is 5.16 Å². The van der Waals surface area contributed by atoms with Crippen molar-refractivity contribution < 1.29 is 18.7 Å². The summed E-state index contributed by atoms with van der Waals surface area (Å²) in [5, 5.41) is 4.19. The van der Waals surface area contributed by atoms with Crippen LogP contribution < -0.4 is 9.47 Å². The highest BCUT2D eigenvalue weighted by Crippen LogP contribution is 2.34. The Labute approximate surface area is 176 Å². The summed E-state index contributed by atoms with van der Waals surface area (Å²) in [7, 11) is 3.20. The molecule has 0 atom stereocenters. The molecule has 0 saturated heterocycles. The molecule has 6 heteroatoms. The van der Waals surface area contributed by atoms with E-state index in [2.05, 4.69) is 16.3 Å². The summed E-state index contributed by atoms with van der Waals surface area (Å²) < 4.78 is 26.4. The van der Waals surface area contributed by atoms with Crippen molar-refractivity contribution >= 4 is 5.71 Å². The van der Waals surface area contributed by atoms with Crippen LogP contribution in [0.5, 0.6) is 11.5 Å². The monoisotopic (exact) mass is 408 g/mol. The first-order valence-corrected chi connectivity index (χ1v) is 9.48. The van der Waals surface area contributed by atoms with Gasteiger partial charge in [0.05, 0.1) is 25.6 Å². The molecule has 0 saturated carbocycles. The van der Waals surface area contributed by atoms with Crippen LogP contribution in [-0.4, -0.2) is 31.1 Å². The number of methoxy groups -OCH3 is 2. The molecule has 0 bridgehead atoms. The molecule has 0 aliphatic rings. The molecule has 3 aromatic rings. The second kappa shape index (κ2) is 9.31. The summed E-state index contributed by atoms with van der Waals surface area (Å²) >= 11 is 0. The molecule has 30 heavy (non-hydrogen) atoms. The van der Waals surface area contributed by atoms with Crippen molar-refractivity contribution in [3.63, 3.8) is 0 Å². The number of rotatable bonds is 8. The lowest BCUT2D eigenvalue weighted by Crippen LogP contribution is -2.03. The quantitative estimate of drug-likeness (QED) is 0.213. The second-order valence-corrected chi connectivity index (χ2v) is 6.67. The third kappa shape index (κ3) is 4.22. The molecule has 5 nitrogen and oxygen atoms in total. The largest absolute Gasteiger partial charge is 0.493 e. The Morgan fingerprint density at radius 3 is 2.40 bits per heavy atom. The van der Waals surface area contributed by atoms with Gasteiger partial charge in [0, 0.05) is 23.0 Å². The summed E-state index contributed by atoms with van der Waals surface area (Å²) in [4.78, 5) is 5.27. The van der Waals surface area contributed by atoms with Crippen LogP contribution in [0, 0.1) is 12.7 Å². The topological polar surface area (TPSA) is 45.0 Å². The molecule has 0 amide bonds. The van der Waals surface area contributed by atoms with Gasteiger partial charge in [-0.05, 0) is 61.9 Å². The highest BCUT2D eigenvalue weighted by Gasteiger charge is 2.18. The van der Waals surface area contributed by atoms with Crippen molar-refractivity contribution in [2.45, 2.75) is 13.8 Å². The lowest BCUT2D eigenvalue weighted by molar-refractivity contribution is 0.175. The molecule has 3 rings (SSSR count). The van der Waals surface area contributed by atoms with Crippen molar-refractivity contribution in [2.75, 3.05) is 20.8 Å². The maximum atomic E-state index is 13.5. The number of halogens is 1. The van der Waals surface area contributed by atoms with Crippen molar-refractivity contribution in [1.29, 1.82) is 0 Å². The third-order valence-corrected chi connectivity index (χ3v) is 4.80. The van der Waals surface area contributed by atoms with E-state index in [9.17, 15) is 4.39 Å². The van der Waals surface area contributed by atoms with E-state index in [-0.39, 0.29) is 5.82 Å². The number of ether oxygens (including phenoxy) is 2. The second-order valence-electron chi connectivity index (χ2n) is 6.67. The SMILES string of the molecule is C=CCO/N=C(\C)c1cc(-c2ccc(F)cc2)n(-c2ccc(OC)c(OC)c2)c1C. The van der Waals surface area contributed by atoms with Crippen molar-refractivity contribution in [1.82, 2.24) is 4.57 Å². The maximum Gasteiger partial charge on any atom is 0.162 e. The van der Waals surface area contributed by atoms with Crippen LogP contribution in [0.15, 0.2) is 66.3 Å². The first-order chi connectivity index (χ1) is 14.5. The van der Waals surface area contributed by atoms with Crippen LogP contribution in [0.2, 0.25) is 0 Å². The average molecular weight is 408 g/mol. The number of hydrogen-bond donors (Lipinski definition) is 0. The van der Waals surface area contributed by atoms with E-state index < -0.39 is 0 Å². The van der Waals surface area contributed by atoms with Gasteiger partial charge in [-0.1, -0.05) is 17.8 Å². The van der Waals surface area contributed by atoms with Gasteiger partial charge in [-0.15, -0.1) is 0 Å². The molecule has 156 valence electrons. The van der Waals surface area contributed by atoms with Gasteiger partial charge in [0.1, 0.15) is 12.4 Å². The van der Waals surface area contributed by atoms with Gasteiger partial charge in [-0.3, -0.25) is 0 Å². The fourth-order valence-corrected chi connectivity index (χ4v) is 3.34. The predicted molar refractivity (Wildman–Crippen MR) is 117 cm³/mol. The summed E-state index contributed by atoms with van der Waals surface area (Å²) in [5.41, 5.74) is 5.28. The molecule has 0 fully saturated rings. The van der Waals surface area contributed by atoms with Crippen LogP contribution >= 0.6 is 0 Å². The van der Waals surface area contributed by atoms with Crippen molar-refractivity contribution in [3.05, 3.63) is 78.3 Å². The van der Waals surface area contributed by atoms with E-state index in [0.717, 1.165) is 33.9 Å². The molecule has 1 heterocycles. The lowest BCUT2D eigenvalue weighted by atomic mass is 10.1. The molecule has 0 N–H and O–H groups in total. The van der Waals surface area contributed by atoms with Gasteiger partial charge in [0.25, 0.3) is 0 Å². The summed E-state index contributed by atoms with van der Waals surface area (Å²) in [6, 6.07) is 14.1. The number of oxime groups is 1. The first kappa shape index (κ1) is 21.2. The molecule has 1 aromatic heterocycles. The Bertz CT molecular complexity index is 1070. The van der Waals surface area contributed by atoms with Gasteiger partial charge in [-0.2, -0.15) is 0 Å². The molecule has 2 aromatic carbocycles. The smallest absolute Gasteiger partial charge is 0.162 e. The molecular formula is C24H25FN2O3. The van der Waals surface area contributed by atoms with E-state index >= 15 is 0 Å². The van der Waals surface area contributed by atoms with Gasteiger partial charge in [0.2, 0.25) is 0 Å². The molecule has 0 radical (unpaired) electrons. The van der Waals surface area contributed by atoms with Gasteiger partial charge >= 0.3 is 0 Å².